The number of hydrogen-bond donors (Lipinski definition) is 1. The van der Waals surface area contributed by atoms with Crippen molar-refractivity contribution in [3.05, 3.63) is 35.2 Å². The van der Waals surface area contributed by atoms with Gasteiger partial charge in [0.1, 0.15) is 0 Å². The maximum absolute atomic E-state index is 12.0. The highest BCUT2D eigenvalue weighted by Gasteiger charge is 2.10. The molecule has 0 saturated heterocycles. The lowest BCUT2D eigenvalue weighted by atomic mass is 10.1. The van der Waals surface area contributed by atoms with Crippen molar-refractivity contribution in [2.24, 2.45) is 0 Å². The minimum absolute atomic E-state index is 0.0152. The lowest BCUT2D eigenvalue weighted by Gasteiger charge is -2.08. The summed E-state index contributed by atoms with van der Waals surface area (Å²) in [5, 5.41) is 14.5. The first-order chi connectivity index (χ1) is 10.5. The Morgan fingerprint density at radius 1 is 1.27 bits per heavy atom. The van der Waals surface area contributed by atoms with Gasteiger partial charge < -0.3 is 5.32 Å². The Balaban J connectivity index is 1.84. The molecule has 0 bridgehead atoms. The van der Waals surface area contributed by atoms with Crippen molar-refractivity contribution >= 4 is 23.4 Å². The Bertz CT molecular complexity index is 633. The summed E-state index contributed by atoms with van der Waals surface area (Å²) in [4.78, 5) is 12.0. The molecule has 0 atom stereocenters. The molecule has 1 heterocycles. The number of aryl methyl sites for hydroxylation is 2. The van der Waals surface area contributed by atoms with E-state index in [2.05, 4.69) is 26.9 Å². The molecule has 0 radical (unpaired) electrons. The Hall–Kier alpha value is -1.89. The SMILES string of the molecule is Cc1cc(C)cc(NC(=O)CSCc2nnnn2C(C)C)c1. The monoisotopic (exact) mass is 319 g/mol. The van der Waals surface area contributed by atoms with Crippen LogP contribution < -0.4 is 5.32 Å². The summed E-state index contributed by atoms with van der Waals surface area (Å²) < 4.78 is 1.77. The van der Waals surface area contributed by atoms with Gasteiger partial charge in [0.2, 0.25) is 5.91 Å². The first-order valence-electron chi connectivity index (χ1n) is 7.18. The zero-order chi connectivity index (χ0) is 16.1. The van der Waals surface area contributed by atoms with E-state index in [0.29, 0.717) is 11.5 Å². The molecule has 22 heavy (non-hydrogen) atoms. The minimum Gasteiger partial charge on any atom is -0.325 e. The standard InChI is InChI=1S/C15H21N5OS/c1-10(2)20-14(17-18-19-20)8-22-9-15(21)16-13-6-11(3)5-12(4)7-13/h5-7,10H,8-9H2,1-4H3,(H,16,21). The molecule has 1 aromatic heterocycles. The molecule has 1 N–H and O–H groups in total. The molecule has 0 spiro atoms. The van der Waals surface area contributed by atoms with Crippen LogP contribution in [0.1, 0.15) is 36.8 Å². The molecule has 0 unspecified atom stereocenters. The molecular formula is C15H21N5OS. The predicted molar refractivity (Wildman–Crippen MR) is 88.9 cm³/mol. The van der Waals surface area contributed by atoms with Gasteiger partial charge in [-0.2, -0.15) is 0 Å². The normalized spacial score (nSPS) is 11.0. The fourth-order valence-electron chi connectivity index (χ4n) is 2.19. The third-order valence-corrected chi connectivity index (χ3v) is 3.95. The van der Waals surface area contributed by atoms with Crippen molar-refractivity contribution in [2.45, 2.75) is 39.5 Å². The largest absolute Gasteiger partial charge is 0.325 e. The van der Waals surface area contributed by atoms with Gasteiger partial charge in [-0.1, -0.05) is 6.07 Å². The molecule has 6 nitrogen and oxygen atoms in total. The van der Waals surface area contributed by atoms with E-state index in [9.17, 15) is 4.79 Å². The first-order valence-corrected chi connectivity index (χ1v) is 8.34. The van der Waals surface area contributed by atoms with E-state index in [1.165, 1.54) is 11.8 Å². The van der Waals surface area contributed by atoms with Gasteiger partial charge in [0, 0.05) is 5.69 Å². The van der Waals surface area contributed by atoms with Gasteiger partial charge in [0.05, 0.1) is 17.5 Å². The fourth-order valence-corrected chi connectivity index (χ4v) is 2.92. The number of amides is 1. The minimum atomic E-state index is -0.0152. The van der Waals surface area contributed by atoms with E-state index in [-0.39, 0.29) is 11.9 Å². The predicted octanol–water partition coefficient (Wildman–Crippen LogP) is 2.74. The second-order valence-electron chi connectivity index (χ2n) is 5.55. The van der Waals surface area contributed by atoms with E-state index in [1.54, 1.807) is 4.68 Å². The van der Waals surface area contributed by atoms with Crippen LogP contribution in [0, 0.1) is 13.8 Å². The highest BCUT2D eigenvalue weighted by atomic mass is 32.2. The van der Waals surface area contributed by atoms with Gasteiger partial charge in [0.15, 0.2) is 5.82 Å². The molecular weight excluding hydrogens is 298 g/mol. The number of rotatable bonds is 6. The molecule has 1 aromatic carbocycles. The molecule has 2 rings (SSSR count). The first kappa shape index (κ1) is 16.5. The van der Waals surface area contributed by atoms with E-state index in [1.807, 2.05) is 39.8 Å². The van der Waals surface area contributed by atoms with E-state index >= 15 is 0 Å². The topological polar surface area (TPSA) is 72.7 Å². The van der Waals surface area contributed by atoms with Crippen molar-refractivity contribution in [1.82, 2.24) is 20.2 Å². The third kappa shape index (κ3) is 4.56. The number of anilines is 1. The van der Waals surface area contributed by atoms with Crippen LogP contribution in [-0.4, -0.2) is 31.9 Å². The van der Waals surface area contributed by atoms with Crippen LogP contribution in [0.3, 0.4) is 0 Å². The molecule has 1 amide bonds. The van der Waals surface area contributed by atoms with E-state index < -0.39 is 0 Å². The summed E-state index contributed by atoms with van der Waals surface area (Å²) in [7, 11) is 0. The Morgan fingerprint density at radius 2 is 1.95 bits per heavy atom. The molecule has 0 aliphatic rings. The van der Waals surface area contributed by atoms with Crippen molar-refractivity contribution < 1.29 is 4.79 Å². The summed E-state index contributed by atoms with van der Waals surface area (Å²) >= 11 is 1.50. The molecule has 0 aliphatic heterocycles. The van der Waals surface area contributed by atoms with Crippen molar-refractivity contribution in [2.75, 3.05) is 11.1 Å². The summed E-state index contributed by atoms with van der Waals surface area (Å²) in [6, 6.07) is 6.23. The quantitative estimate of drug-likeness (QED) is 0.886. The molecule has 118 valence electrons. The molecule has 2 aromatic rings. The molecule has 0 saturated carbocycles. The van der Waals surface area contributed by atoms with Crippen molar-refractivity contribution in [3.63, 3.8) is 0 Å². The van der Waals surface area contributed by atoms with E-state index in [4.69, 9.17) is 0 Å². The van der Waals surface area contributed by atoms with Crippen LogP contribution in [0.4, 0.5) is 5.69 Å². The number of benzene rings is 1. The van der Waals surface area contributed by atoms with Gasteiger partial charge in [-0.05, 0) is 61.4 Å². The summed E-state index contributed by atoms with van der Waals surface area (Å²) in [6.07, 6.45) is 0. The number of nitrogens with one attached hydrogen (secondary N) is 1. The van der Waals surface area contributed by atoms with Crippen LogP contribution in [0.15, 0.2) is 18.2 Å². The average molecular weight is 319 g/mol. The highest BCUT2D eigenvalue weighted by Crippen LogP contribution is 2.16. The van der Waals surface area contributed by atoms with Crippen LogP contribution >= 0.6 is 11.8 Å². The average Bonchev–Trinajstić information content (AvgIpc) is 2.85. The van der Waals surface area contributed by atoms with Crippen LogP contribution in [0.25, 0.3) is 0 Å². The van der Waals surface area contributed by atoms with Gasteiger partial charge >= 0.3 is 0 Å². The second-order valence-corrected chi connectivity index (χ2v) is 6.54. The number of tetrazole rings is 1. The van der Waals surface area contributed by atoms with Crippen molar-refractivity contribution in [1.29, 1.82) is 0 Å². The summed E-state index contributed by atoms with van der Waals surface area (Å²) in [5.74, 6) is 1.77. The van der Waals surface area contributed by atoms with Crippen molar-refractivity contribution in [3.8, 4) is 0 Å². The smallest absolute Gasteiger partial charge is 0.234 e. The molecule has 0 fully saturated rings. The maximum atomic E-state index is 12.0. The zero-order valence-corrected chi connectivity index (χ0v) is 14.1. The number of aromatic nitrogens is 4. The lowest BCUT2D eigenvalue weighted by molar-refractivity contribution is -0.113. The van der Waals surface area contributed by atoms with Gasteiger partial charge in [-0.3, -0.25) is 4.79 Å². The van der Waals surface area contributed by atoms with Crippen LogP contribution in [0.2, 0.25) is 0 Å². The van der Waals surface area contributed by atoms with Gasteiger partial charge in [-0.25, -0.2) is 4.68 Å². The van der Waals surface area contributed by atoms with Crippen LogP contribution in [-0.2, 0) is 10.5 Å². The fraction of sp³-hybridized carbons (Fsp3) is 0.467. The number of hydrogen-bond acceptors (Lipinski definition) is 5. The molecule has 0 aliphatic carbocycles. The zero-order valence-electron chi connectivity index (χ0n) is 13.3. The number of nitrogens with zero attached hydrogens (tertiary/aromatic N) is 4. The Kier molecular flexibility index (Phi) is 5.54. The molecule has 7 heteroatoms. The number of carbonyl (C=O) groups is 1. The third-order valence-electron chi connectivity index (χ3n) is 3.02. The van der Waals surface area contributed by atoms with Gasteiger partial charge in [0.25, 0.3) is 0 Å². The number of carbonyl (C=O) groups excluding carboxylic acids is 1. The van der Waals surface area contributed by atoms with Crippen LogP contribution in [0.5, 0.6) is 0 Å². The lowest BCUT2D eigenvalue weighted by Crippen LogP contribution is -2.15. The number of thioether (sulfide) groups is 1. The maximum Gasteiger partial charge on any atom is 0.234 e. The summed E-state index contributed by atoms with van der Waals surface area (Å²) in [5.41, 5.74) is 3.12. The van der Waals surface area contributed by atoms with E-state index in [0.717, 1.165) is 22.6 Å². The Morgan fingerprint density at radius 3 is 2.59 bits per heavy atom. The Labute approximate surface area is 134 Å². The van der Waals surface area contributed by atoms with Gasteiger partial charge in [-0.15, -0.1) is 16.9 Å². The second kappa shape index (κ2) is 7.40. The summed E-state index contributed by atoms with van der Waals surface area (Å²) in [6.45, 7) is 8.08. The highest BCUT2D eigenvalue weighted by molar-refractivity contribution is 7.99.